The molecule has 2 unspecified atom stereocenters. The van der Waals surface area contributed by atoms with Crippen LogP contribution in [0.3, 0.4) is 0 Å². The minimum absolute atomic E-state index is 0.0743. The zero-order chi connectivity index (χ0) is 32.9. The highest BCUT2D eigenvalue weighted by Crippen LogP contribution is 2.13. The molecule has 0 aromatic rings. The Morgan fingerprint density at radius 2 is 0.911 bits per heavy atom. The molecule has 0 heterocycles. The summed E-state index contributed by atoms with van der Waals surface area (Å²) in [5, 5.41) is 22.8. The van der Waals surface area contributed by atoms with Crippen LogP contribution in [0.4, 0.5) is 0 Å². The molecule has 264 valence electrons. The van der Waals surface area contributed by atoms with Gasteiger partial charge in [-0.25, -0.2) is 0 Å². The first kappa shape index (κ1) is 43.6. The Bertz CT molecular complexity index is 686. The van der Waals surface area contributed by atoms with E-state index in [-0.39, 0.29) is 12.5 Å². The van der Waals surface area contributed by atoms with Crippen molar-refractivity contribution in [2.24, 2.45) is 0 Å². The van der Waals surface area contributed by atoms with Gasteiger partial charge in [0.25, 0.3) is 0 Å². The fraction of sp³-hybridized carbons (Fsp3) is 0.829. The molecule has 1 amide bonds. The highest BCUT2D eigenvalue weighted by molar-refractivity contribution is 5.76. The molecule has 0 aliphatic rings. The molecule has 0 spiro atoms. The Balaban J connectivity index is 3.58. The van der Waals surface area contributed by atoms with Crippen LogP contribution in [0.1, 0.15) is 200 Å². The van der Waals surface area contributed by atoms with E-state index < -0.39 is 12.1 Å². The third-order valence-electron chi connectivity index (χ3n) is 8.87. The van der Waals surface area contributed by atoms with Gasteiger partial charge >= 0.3 is 0 Å². The molecule has 0 aliphatic carbocycles. The molecule has 0 saturated heterocycles. The van der Waals surface area contributed by atoms with E-state index in [9.17, 15) is 15.0 Å². The molecule has 0 aliphatic heterocycles. The van der Waals surface area contributed by atoms with Crippen molar-refractivity contribution >= 4 is 5.91 Å². The van der Waals surface area contributed by atoms with Gasteiger partial charge in [0.2, 0.25) is 5.91 Å². The summed E-state index contributed by atoms with van der Waals surface area (Å²) in [7, 11) is 0. The van der Waals surface area contributed by atoms with Crippen LogP contribution in [-0.2, 0) is 4.79 Å². The lowest BCUT2D eigenvalue weighted by Crippen LogP contribution is -2.45. The molecule has 4 nitrogen and oxygen atoms in total. The number of rotatable bonds is 35. The fourth-order valence-electron chi connectivity index (χ4n) is 5.80. The molecule has 2 atom stereocenters. The van der Waals surface area contributed by atoms with E-state index in [1.54, 1.807) is 6.08 Å². The molecule has 3 N–H and O–H groups in total. The van der Waals surface area contributed by atoms with Crippen LogP contribution in [0.25, 0.3) is 0 Å². The highest BCUT2D eigenvalue weighted by Gasteiger charge is 2.17. The van der Waals surface area contributed by atoms with Crippen molar-refractivity contribution in [1.29, 1.82) is 0 Å². The lowest BCUT2D eigenvalue weighted by atomic mass is 10.1. The standard InChI is InChI=1S/C41H77NO3/c1-3-5-7-9-11-13-15-16-17-18-19-20-21-22-23-24-25-26-27-29-31-33-35-37-41(45)42-39(38-43)40(44)36-34-32-30-28-14-12-10-8-6-4-2/h19-20,22-23,34,36,39-40,43-44H,3-18,21,24-33,35,37-38H2,1-2H3,(H,42,45)/b20-19-,23-22-,36-34+. The van der Waals surface area contributed by atoms with E-state index in [0.717, 1.165) is 32.1 Å². The third-order valence-corrected chi connectivity index (χ3v) is 8.87. The number of hydrogen-bond donors (Lipinski definition) is 3. The summed E-state index contributed by atoms with van der Waals surface area (Å²) in [5.74, 6) is -0.0743. The minimum atomic E-state index is -0.839. The summed E-state index contributed by atoms with van der Waals surface area (Å²) in [6.45, 7) is 4.28. The van der Waals surface area contributed by atoms with Crippen molar-refractivity contribution in [2.75, 3.05) is 6.61 Å². The van der Waals surface area contributed by atoms with Crippen LogP contribution in [0, 0.1) is 0 Å². The number of carbonyl (C=O) groups is 1. The Kier molecular flexibility index (Phi) is 35.9. The van der Waals surface area contributed by atoms with E-state index >= 15 is 0 Å². The first-order chi connectivity index (χ1) is 22.2. The number of nitrogens with one attached hydrogen (secondary N) is 1. The normalized spacial score (nSPS) is 13.4. The maximum absolute atomic E-state index is 12.3. The molecule has 45 heavy (non-hydrogen) atoms. The number of amides is 1. The molecular weight excluding hydrogens is 554 g/mol. The number of carbonyl (C=O) groups excluding carboxylic acids is 1. The number of allylic oxidation sites excluding steroid dienone is 5. The third kappa shape index (κ3) is 33.8. The molecule has 0 aromatic heterocycles. The van der Waals surface area contributed by atoms with Gasteiger partial charge in [-0.3, -0.25) is 4.79 Å². The zero-order valence-electron chi connectivity index (χ0n) is 30.1. The number of aliphatic hydroxyl groups is 2. The van der Waals surface area contributed by atoms with Crippen molar-refractivity contribution < 1.29 is 15.0 Å². The molecule has 0 rings (SSSR count). The van der Waals surface area contributed by atoms with Gasteiger partial charge in [-0.1, -0.05) is 179 Å². The van der Waals surface area contributed by atoms with Crippen LogP contribution in [0.2, 0.25) is 0 Å². The van der Waals surface area contributed by atoms with Crippen molar-refractivity contribution in [2.45, 2.75) is 212 Å². The average Bonchev–Trinajstić information content (AvgIpc) is 3.04. The van der Waals surface area contributed by atoms with Crippen molar-refractivity contribution in [3.05, 3.63) is 36.5 Å². The molecule has 0 radical (unpaired) electrons. The van der Waals surface area contributed by atoms with Crippen molar-refractivity contribution in [3.63, 3.8) is 0 Å². The van der Waals surface area contributed by atoms with Crippen LogP contribution in [0.5, 0.6) is 0 Å². The Labute approximate surface area is 281 Å². The Hall–Kier alpha value is -1.39. The van der Waals surface area contributed by atoms with Crippen molar-refractivity contribution in [3.8, 4) is 0 Å². The fourth-order valence-corrected chi connectivity index (χ4v) is 5.80. The van der Waals surface area contributed by atoms with Crippen molar-refractivity contribution in [1.82, 2.24) is 5.32 Å². The second-order valence-electron chi connectivity index (χ2n) is 13.3. The van der Waals surface area contributed by atoms with Crippen LogP contribution in [-0.4, -0.2) is 34.9 Å². The quantitative estimate of drug-likeness (QED) is 0.0481. The first-order valence-electron chi connectivity index (χ1n) is 19.7. The highest BCUT2D eigenvalue weighted by atomic mass is 16.3. The average molecular weight is 632 g/mol. The van der Waals surface area contributed by atoms with E-state index in [1.807, 2.05) is 6.08 Å². The van der Waals surface area contributed by atoms with Gasteiger partial charge in [-0.2, -0.15) is 0 Å². The van der Waals surface area contributed by atoms with Gasteiger partial charge in [0.05, 0.1) is 18.8 Å². The van der Waals surface area contributed by atoms with Crippen LogP contribution < -0.4 is 5.32 Å². The molecule has 0 bridgehead atoms. The topological polar surface area (TPSA) is 69.6 Å². The van der Waals surface area contributed by atoms with E-state index in [1.165, 1.54) is 148 Å². The van der Waals surface area contributed by atoms with Gasteiger partial charge in [0.15, 0.2) is 0 Å². The molecule has 0 aromatic carbocycles. The Morgan fingerprint density at radius 3 is 1.33 bits per heavy atom. The minimum Gasteiger partial charge on any atom is -0.394 e. The predicted octanol–water partition coefficient (Wildman–Crippen LogP) is 11.8. The smallest absolute Gasteiger partial charge is 0.220 e. The monoisotopic (exact) mass is 632 g/mol. The predicted molar refractivity (Wildman–Crippen MR) is 198 cm³/mol. The lowest BCUT2D eigenvalue weighted by molar-refractivity contribution is -0.123. The van der Waals surface area contributed by atoms with E-state index in [4.69, 9.17) is 0 Å². The molecule has 0 saturated carbocycles. The van der Waals surface area contributed by atoms with Gasteiger partial charge < -0.3 is 15.5 Å². The van der Waals surface area contributed by atoms with E-state index in [0.29, 0.717) is 6.42 Å². The first-order valence-corrected chi connectivity index (χ1v) is 19.7. The second-order valence-corrected chi connectivity index (χ2v) is 13.3. The maximum Gasteiger partial charge on any atom is 0.220 e. The van der Waals surface area contributed by atoms with Gasteiger partial charge in [0, 0.05) is 6.42 Å². The van der Waals surface area contributed by atoms with Gasteiger partial charge in [-0.05, 0) is 51.4 Å². The summed E-state index contributed by atoms with van der Waals surface area (Å²) in [6.07, 6.45) is 48.1. The largest absolute Gasteiger partial charge is 0.394 e. The van der Waals surface area contributed by atoms with Crippen LogP contribution >= 0.6 is 0 Å². The number of aliphatic hydroxyl groups excluding tert-OH is 2. The number of hydrogen-bond acceptors (Lipinski definition) is 3. The maximum atomic E-state index is 12.3. The zero-order valence-corrected chi connectivity index (χ0v) is 30.1. The van der Waals surface area contributed by atoms with Gasteiger partial charge in [0.1, 0.15) is 0 Å². The summed E-state index contributed by atoms with van der Waals surface area (Å²) in [5.41, 5.74) is 0. The van der Waals surface area contributed by atoms with Crippen LogP contribution in [0.15, 0.2) is 36.5 Å². The number of unbranched alkanes of at least 4 members (excludes halogenated alkanes) is 24. The summed E-state index contributed by atoms with van der Waals surface area (Å²) >= 11 is 0. The second kappa shape index (κ2) is 37.1. The van der Waals surface area contributed by atoms with E-state index in [2.05, 4.69) is 43.5 Å². The Morgan fingerprint density at radius 1 is 0.533 bits per heavy atom. The lowest BCUT2D eigenvalue weighted by Gasteiger charge is -2.20. The molecule has 0 fully saturated rings. The summed E-state index contributed by atoms with van der Waals surface area (Å²) in [6, 6.07) is -0.623. The summed E-state index contributed by atoms with van der Waals surface area (Å²) in [4.78, 5) is 12.3. The van der Waals surface area contributed by atoms with Gasteiger partial charge in [-0.15, -0.1) is 0 Å². The molecular formula is C41H77NO3. The summed E-state index contributed by atoms with van der Waals surface area (Å²) < 4.78 is 0. The molecule has 4 heteroatoms. The SMILES string of the molecule is CCCCCCCCCC/C=C/C(O)C(CO)NC(=O)CCCCCCCCC/C=C\C/C=C\CCCCCCCCCCC.